The van der Waals surface area contributed by atoms with Gasteiger partial charge in [0, 0.05) is 29.9 Å². The summed E-state index contributed by atoms with van der Waals surface area (Å²) in [5.74, 6) is -5.56. The molecule has 2 heterocycles. The van der Waals surface area contributed by atoms with Crippen LogP contribution in [-0.4, -0.2) is 57.5 Å². The van der Waals surface area contributed by atoms with Crippen LogP contribution in [0.25, 0.3) is 0 Å². The number of aromatic hydroxyl groups is 1. The number of hydrogen-bond acceptors (Lipinski definition) is 7. The van der Waals surface area contributed by atoms with Gasteiger partial charge in [-0.25, -0.2) is 0 Å². The SMILES string of the molecule is COc1cccc([C@H]2C3=CC[C@@H]4C(=O)N(c5ccc(Nc6ccccc6)cc5)C(=O)[C@@H]4[C@@H]3C[C@@]3(Cl)C(=O)N(C)C(=O)[C@@]23Cl)c1O. The number of nitrogens with one attached hydrogen (secondary N) is 1. The van der Waals surface area contributed by atoms with Gasteiger partial charge in [0.2, 0.25) is 11.8 Å². The molecule has 0 unspecified atom stereocenters. The number of nitrogens with zero attached hydrogens (tertiary/aromatic N) is 2. The number of imide groups is 2. The van der Waals surface area contributed by atoms with E-state index < -0.39 is 51.1 Å². The molecule has 6 atom stereocenters. The lowest BCUT2D eigenvalue weighted by Crippen LogP contribution is -2.60. The number of carbonyl (C=O) groups excluding carboxylic acids is 4. The number of alkyl halides is 2. The molecule has 1 saturated carbocycles. The van der Waals surface area contributed by atoms with Crippen LogP contribution in [0.15, 0.2) is 84.4 Å². The number of rotatable bonds is 5. The van der Waals surface area contributed by atoms with E-state index in [1.54, 1.807) is 42.5 Å². The molecule has 0 radical (unpaired) electrons. The number of hydrogen-bond donors (Lipinski definition) is 2. The van der Waals surface area contributed by atoms with E-state index >= 15 is 0 Å². The maximum atomic E-state index is 14.2. The van der Waals surface area contributed by atoms with Crippen molar-refractivity contribution >= 4 is 63.9 Å². The van der Waals surface area contributed by atoms with Crippen LogP contribution < -0.4 is 15.0 Å². The lowest BCUT2D eigenvalue weighted by Gasteiger charge is -2.50. The highest BCUT2D eigenvalue weighted by atomic mass is 35.5. The molecule has 3 aromatic rings. The molecule has 230 valence electrons. The molecule has 0 spiro atoms. The highest BCUT2D eigenvalue weighted by Crippen LogP contribution is 2.66. The minimum absolute atomic E-state index is 0.131. The summed E-state index contributed by atoms with van der Waals surface area (Å²) in [6.07, 6.45) is 1.91. The zero-order valence-electron chi connectivity index (χ0n) is 24.4. The number of carbonyl (C=O) groups is 4. The summed E-state index contributed by atoms with van der Waals surface area (Å²) in [7, 11) is 2.72. The number of likely N-dealkylation sites (tertiary alicyclic amines) is 1. The van der Waals surface area contributed by atoms with Gasteiger partial charge in [0.05, 0.1) is 24.6 Å². The van der Waals surface area contributed by atoms with Crippen LogP contribution in [0.4, 0.5) is 17.1 Å². The Morgan fingerprint density at radius 1 is 0.867 bits per heavy atom. The molecule has 4 amide bonds. The lowest BCUT2D eigenvalue weighted by molar-refractivity contribution is -0.138. The summed E-state index contributed by atoms with van der Waals surface area (Å²) < 4.78 is 5.34. The molecule has 7 rings (SSSR count). The van der Waals surface area contributed by atoms with E-state index in [2.05, 4.69) is 5.32 Å². The third kappa shape index (κ3) is 3.99. The highest BCUT2D eigenvalue weighted by Gasteiger charge is 2.76. The zero-order valence-corrected chi connectivity index (χ0v) is 25.9. The monoisotopic (exact) mass is 645 g/mol. The fourth-order valence-electron chi connectivity index (χ4n) is 7.66. The van der Waals surface area contributed by atoms with Crippen molar-refractivity contribution in [3.8, 4) is 11.5 Å². The Morgan fingerprint density at radius 2 is 1.56 bits per heavy atom. The van der Waals surface area contributed by atoms with Crippen LogP contribution in [0.1, 0.15) is 24.3 Å². The first-order valence-corrected chi connectivity index (χ1v) is 15.3. The van der Waals surface area contributed by atoms with Gasteiger partial charge in [0.25, 0.3) is 11.8 Å². The number of halogens is 2. The van der Waals surface area contributed by atoms with Gasteiger partial charge in [-0.15, -0.1) is 23.2 Å². The van der Waals surface area contributed by atoms with Crippen molar-refractivity contribution < 1.29 is 29.0 Å². The number of ether oxygens (including phenoxy) is 1. The van der Waals surface area contributed by atoms with E-state index in [4.69, 9.17) is 27.9 Å². The maximum absolute atomic E-state index is 14.2. The van der Waals surface area contributed by atoms with Gasteiger partial charge in [-0.2, -0.15) is 0 Å². The molecule has 45 heavy (non-hydrogen) atoms. The number of para-hydroxylation sites is 2. The van der Waals surface area contributed by atoms with Gasteiger partial charge in [-0.3, -0.25) is 29.0 Å². The quantitative estimate of drug-likeness (QED) is 0.219. The first kappa shape index (κ1) is 29.4. The van der Waals surface area contributed by atoms with Gasteiger partial charge in [0.15, 0.2) is 21.2 Å². The van der Waals surface area contributed by atoms with Crippen molar-refractivity contribution in [3.63, 3.8) is 0 Å². The smallest absolute Gasteiger partial charge is 0.253 e. The number of methoxy groups -OCH3 is 1. The second kappa shape index (κ2) is 10.4. The number of amides is 4. The molecule has 9 nitrogen and oxygen atoms in total. The molecule has 3 fully saturated rings. The Morgan fingerprint density at radius 3 is 2.24 bits per heavy atom. The van der Waals surface area contributed by atoms with Gasteiger partial charge in [-0.05, 0) is 61.2 Å². The van der Waals surface area contributed by atoms with E-state index in [0.717, 1.165) is 16.3 Å². The lowest BCUT2D eigenvalue weighted by atomic mass is 9.56. The first-order valence-electron chi connectivity index (χ1n) is 14.6. The van der Waals surface area contributed by atoms with Gasteiger partial charge in [-0.1, -0.05) is 42.0 Å². The summed E-state index contributed by atoms with van der Waals surface area (Å²) in [5, 5.41) is 14.5. The molecular formula is C34H29Cl2N3O6. The average molecular weight is 647 g/mol. The Labute approximate surface area is 269 Å². The summed E-state index contributed by atoms with van der Waals surface area (Å²) in [6.45, 7) is 0. The number of benzene rings is 3. The Kier molecular flexibility index (Phi) is 6.76. The molecule has 2 N–H and O–H groups in total. The number of allylic oxidation sites excluding steroid dienone is 2. The van der Waals surface area contributed by atoms with Crippen LogP contribution in [0.3, 0.4) is 0 Å². The van der Waals surface area contributed by atoms with Crippen molar-refractivity contribution in [1.29, 1.82) is 0 Å². The van der Waals surface area contributed by atoms with Crippen LogP contribution in [0, 0.1) is 17.8 Å². The molecule has 2 saturated heterocycles. The number of phenolic OH excluding ortho intramolecular Hbond substituents is 1. The summed E-state index contributed by atoms with van der Waals surface area (Å²) >= 11 is 14.4. The fraction of sp³-hybridized carbons (Fsp3) is 0.294. The maximum Gasteiger partial charge on any atom is 0.253 e. The van der Waals surface area contributed by atoms with Crippen LogP contribution in [-0.2, 0) is 19.2 Å². The van der Waals surface area contributed by atoms with E-state index in [1.807, 2.05) is 36.4 Å². The van der Waals surface area contributed by atoms with Crippen molar-refractivity contribution in [2.45, 2.75) is 28.5 Å². The summed E-state index contributed by atoms with van der Waals surface area (Å²) in [5.41, 5.74) is 2.95. The van der Waals surface area contributed by atoms with Gasteiger partial charge >= 0.3 is 0 Å². The van der Waals surface area contributed by atoms with Crippen LogP contribution >= 0.6 is 23.2 Å². The van der Waals surface area contributed by atoms with Gasteiger partial charge in [0.1, 0.15) is 0 Å². The second-order valence-corrected chi connectivity index (χ2v) is 13.2. The third-order valence-corrected chi connectivity index (χ3v) is 11.2. The predicted octanol–water partition coefficient (Wildman–Crippen LogP) is 5.34. The third-order valence-electron chi connectivity index (χ3n) is 9.76. The molecule has 2 aliphatic heterocycles. The Hall–Kier alpha value is -4.34. The minimum Gasteiger partial charge on any atom is -0.504 e. The van der Waals surface area contributed by atoms with E-state index in [0.29, 0.717) is 11.3 Å². The molecular weight excluding hydrogens is 617 g/mol. The summed E-state index contributed by atoms with van der Waals surface area (Å²) in [6, 6.07) is 21.4. The summed E-state index contributed by atoms with van der Waals surface area (Å²) in [4.78, 5) is 53.6. The van der Waals surface area contributed by atoms with Crippen molar-refractivity contribution in [1.82, 2.24) is 4.90 Å². The second-order valence-electron chi connectivity index (χ2n) is 11.9. The average Bonchev–Trinajstić information content (AvgIpc) is 3.37. The zero-order chi connectivity index (χ0) is 31.8. The molecule has 0 bridgehead atoms. The van der Waals surface area contributed by atoms with E-state index in [9.17, 15) is 24.3 Å². The number of fused-ring (bicyclic) bond motifs is 4. The van der Waals surface area contributed by atoms with Crippen LogP contribution in [0.2, 0.25) is 0 Å². The number of anilines is 3. The van der Waals surface area contributed by atoms with Crippen molar-refractivity contribution in [2.24, 2.45) is 17.8 Å². The predicted molar refractivity (Wildman–Crippen MR) is 169 cm³/mol. The highest BCUT2D eigenvalue weighted by molar-refractivity contribution is 6.53. The molecule has 2 aliphatic carbocycles. The van der Waals surface area contributed by atoms with E-state index in [-0.39, 0.29) is 35.8 Å². The van der Waals surface area contributed by atoms with Crippen molar-refractivity contribution in [2.75, 3.05) is 24.4 Å². The molecule has 0 aromatic heterocycles. The normalized spacial score (nSPS) is 30.5. The molecule has 11 heteroatoms. The Bertz CT molecular complexity index is 1800. The van der Waals surface area contributed by atoms with E-state index in [1.165, 1.54) is 19.1 Å². The van der Waals surface area contributed by atoms with Crippen molar-refractivity contribution in [3.05, 3.63) is 90.0 Å². The van der Waals surface area contributed by atoms with Crippen LogP contribution in [0.5, 0.6) is 11.5 Å². The standard InChI is InChI=1S/C34H29Cl2N3O6/c1-38-31(43)33(35)17-24-21(27(34(33,36)32(38)44)23-9-6-10-25(45-2)28(23)40)15-16-22-26(24)30(42)39(29(22)41)20-13-11-19(12-14-20)37-18-7-4-3-5-8-18/h3-15,22,24,26-27,37,40H,16-17H2,1-2H3/t22-,24+,26-,27+,33+,34-/m0/s1. The topological polar surface area (TPSA) is 116 Å². The molecule has 3 aromatic carbocycles. The minimum atomic E-state index is -1.99. The Balaban J connectivity index is 1.29. The van der Waals surface area contributed by atoms with Gasteiger partial charge < -0.3 is 15.2 Å². The number of phenols is 1. The fourth-order valence-corrected chi connectivity index (χ4v) is 8.67. The molecule has 4 aliphatic rings. The first-order chi connectivity index (χ1) is 21.5. The largest absolute Gasteiger partial charge is 0.504 e.